The molecule has 0 saturated carbocycles. The number of piperidine rings is 2. The smallest absolute Gasteiger partial charge is 0.253 e. The number of ether oxygens (including phenoxy) is 1. The number of likely N-dealkylation sites (tertiary alicyclic amines) is 2. The number of carbonyl (C=O) groups is 1. The molecule has 6 rings (SSSR count). The molecule has 0 unspecified atom stereocenters. The monoisotopic (exact) mass is 584 g/mol. The van der Waals surface area contributed by atoms with Crippen molar-refractivity contribution in [1.82, 2.24) is 24.3 Å². The van der Waals surface area contributed by atoms with Gasteiger partial charge in [0.25, 0.3) is 5.91 Å². The van der Waals surface area contributed by atoms with Crippen molar-refractivity contribution in [1.29, 1.82) is 0 Å². The summed E-state index contributed by atoms with van der Waals surface area (Å²) in [5.41, 5.74) is 5.50. The molecular formula is C30H38Cl2N6O2. The van der Waals surface area contributed by atoms with Gasteiger partial charge in [0.1, 0.15) is 10.9 Å². The van der Waals surface area contributed by atoms with E-state index in [0.717, 1.165) is 72.5 Å². The van der Waals surface area contributed by atoms with Gasteiger partial charge in [0.2, 0.25) is 5.95 Å². The van der Waals surface area contributed by atoms with Crippen molar-refractivity contribution in [2.75, 3.05) is 38.6 Å². The molecule has 0 bridgehead atoms. The van der Waals surface area contributed by atoms with Gasteiger partial charge in [-0.2, -0.15) is 0 Å². The Morgan fingerprint density at radius 3 is 2.55 bits per heavy atom. The standard InChI is InChI=1S/C30H37ClN6O2.ClH/c1-19-6-11-35(12-7-19)23-9-13-36(14-10-23)29(38)21-4-5-24(25(17-21)39-3)33-30-32-18-22-8-15-37-26(31)16-20(2)28(37)27(22)34-30;/h4-5,16-19,23H,6-15H2,1-3H3,(H,32,33,34);1H. The van der Waals surface area contributed by atoms with Gasteiger partial charge in [0, 0.05) is 43.0 Å². The van der Waals surface area contributed by atoms with Gasteiger partial charge in [-0.15, -0.1) is 12.4 Å². The van der Waals surface area contributed by atoms with Crippen LogP contribution in [0.15, 0.2) is 30.5 Å². The fourth-order valence-corrected chi connectivity index (χ4v) is 6.66. The molecule has 3 aliphatic heterocycles. The second kappa shape index (κ2) is 12.0. The highest BCUT2D eigenvalue weighted by atomic mass is 35.5. The van der Waals surface area contributed by atoms with Crippen LogP contribution in [-0.4, -0.2) is 69.6 Å². The Labute approximate surface area is 247 Å². The zero-order valence-electron chi connectivity index (χ0n) is 23.5. The largest absolute Gasteiger partial charge is 0.495 e. The molecule has 214 valence electrons. The van der Waals surface area contributed by atoms with Crippen molar-refractivity contribution in [2.24, 2.45) is 5.92 Å². The molecule has 8 nitrogen and oxygen atoms in total. The zero-order chi connectivity index (χ0) is 27.1. The van der Waals surface area contributed by atoms with E-state index in [1.54, 1.807) is 7.11 Å². The number of carbonyl (C=O) groups excluding carboxylic acids is 1. The van der Waals surface area contributed by atoms with Crippen LogP contribution >= 0.6 is 24.0 Å². The Bertz CT molecular complexity index is 1380. The molecule has 2 aromatic heterocycles. The van der Waals surface area contributed by atoms with Gasteiger partial charge >= 0.3 is 0 Å². The predicted octanol–water partition coefficient (Wildman–Crippen LogP) is 5.97. The molecule has 1 aromatic carbocycles. The number of rotatable bonds is 5. The highest BCUT2D eigenvalue weighted by Crippen LogP contribution is 2.36. The normalized spacial score (nSPS) is 18.1. The van der Waals surface area contributed by atoms with Gasteiger partial charge in [-0.3, -0.25) is 4.79 Å². The molecule has 40 heavy (non-hydrogen) atoms. The molecule has 3 aliphatic rings. The van der Waals surface area contributed by atoms with Crippen LogP contribution in [-0.2, 0) is 13.0 Å². The molecule has 2 saturated heterocycles. The lowest BCUT2D eigenvalue weighted by Gasteiger charge is -2.41. The summed E-state index contributed by atoms with van der Waals surface area (Å²) in [6.07, 6.45) is 7.38. The van der Waals surface area contributed by atoms with Gasteiger partial charge in [-0.1, -0.05) is 18.5 Å². The Morgan fingerprint density at radius 2 is 1.82 bits per heavy atom. The minimum atomic E-state index is 0. The van der Waals surface area contributed by atoms with Crippen molar-refractivity contribution < 1.29 is 9.53 Å². The third-order valence-electron chi connectivity index (χ3n) is 8.71. The SMILES string of the molecule is COc1cc(C(=O)N2CCC(N3CCC(C)CC3)CC2)ccc1Nc1ncc2c(n1)-c1c(C)cc(Cl)n1CC2.Cl. The first-order valence-electron chi connectivity index (χ1n) is 14.1. The molecule has 0 aliphatic carbocycles. The first-order valence-corrected chi connectivity index (χ1v) is 14.5. The summed E-state index contributed by atoms with van der Waals surface area (Å²) in [6, 6.07) is 8.13. The molecule has 1 amide bonds. The third-order valence-corrected chi connectivity index (χ3v) is 9.02. The highest BCUT2D eigenvalue weighted by molar-refractivity contribution is 6.30. The summed E-state index contributed by atoms with van der Waals surface area (Å²) in [5, 5.41) is 4.03. The fourth-order valence-electron chi connectivity index (χ4n) is 6.32. The summed E-state index contributed by atoms with van der Waals surface area (Å²) in [6.45, 7) is 9.21. The van der Waals surface area contributed by atoms with Crippen molar-refractivity contribution in [3.8, 4) is 17.1 Å². The average molecular weight is 586 g/mol. The maximum Gasteiger partial charge on any atom is 0.253 e. The summed E-state index contributed by atoms with van der Waals surface area (Å²) in [5.74, 6) is 1.96. The number of aromatic nitrogens is 3. The van der Waals surface area contributed by atoms with Gasteiger partial charge in [-0.25, -0.2) is 9.97 Å². The van der Waals surface area contributed by atoms with Crippen LogP contribution in [0.1, 0.15) is 54.1 Å². The van der Waals surface area contributed by atoms with E-state index < -0.39 is 0 Å². The topological polar surface area (TPSA) is 75.5 Å². The predicted molar refractivity (Wildman–Crippen MR) is 161 cm³/mol. The van der Waals surface area contributed by atoms with Crippen LogP contribution in [0.4, 0.5) is 11.6 Å². The lowest BCUT2D eigenvalue weighted by molar-refractivity contribution is 0.0560. The van der Waals surface area contributed by atoms with Crippen LogP contribution in [0.5, 0.6) is 5.75 Å². The maximum atomic E-state index is 13.4. The maximum absolute atomic E-state index is 13.4. The van der Waals surface area contributed by atoms with E-state index in [2.05, 4.69) is 33.6 Å². The molecule has 1 N–H and O–H groups in total. The molecule has 3 aromatic rings. The molecule has 0 spiro atoms. The van der Waals surface area contributed by atoms with Gasteiger partial charge in [-0.05, 0) is 87.9 Å². The van der Waals surface area contributed by atoms with Gasteiger partial charge in [0.15, 0.2) is 0 Å². The van der Waals surface area contributed by atoms with E-state index >= 15 is 0 Å². The number of aryl methyl sites for hydroxylation is 2. The number of methoxy groups -OCH3 is 1. The minimum absolute atomic E-state index is 0. The molecule has 10 heteroatoms. The van der Waals surface area contributed by atoms with Crippen LogP contribution in [0.2, 0.25) is 5.15 Å². The lowest BCUT2D eigenvalue weighted by atomic mass is 9.94. The number of anilines is 2. The van der Waals surface area contributed by atoms with E-state index in [1.165, 1.54) is 25.9 Å². The lowest BCUT2D eigenvalue weighted by Crippen LogP contribution is -2.48. The molecule has 0 radical (unpaired) electrons. The molecule has 2 fully saturated rings. The summed E-state index contributed by atoms with van der Waals surface area (Å²) < 4.78 is 7.78. The van der Waals surface area contributed by atoms with Crippen LogP contribution in [0.3, 0.4) is 0 Å². The zero-order valence-corrected chi connectivity index (χ0v) is 25.0. The summed E-state index contributed by atoms with van der Waals surface area (Å²) in [4.78, 5) is 27.4. The third kappa shape index (κ3) is 5.54. The fraction of sp³-hybridized carbons (Fsp3) is 0.500. The van der Waals surface area contributed by atoms with E-state index in [1.807, 2.05) is 35.4 Å². The number of nitrogens with one attached hydrogen (secondary N) is 1. The van der Waals surface area contributed by atoms with E-state index in [9.17, 15) is 4.79 Å². The number of halogens is 2. The van der Waals surface area contributed by atoms with Crippen molar-refractivity contribution in [3.63, 3.8) is 0 Å². The number of fused-ring (bicyclic) bond motifs is 3. The summed E-state index contributed by atoms with van der Waals surface area (Å²) in [7, 11) is 1.62. The van der Waals surface area contributed by atoms with Gasteiger partial charge < -0.3 is 24.4 Å². The van der Waals surface area contributed by atoms with Gasteiger partial charge in [0.05, 0.1) is 24.2 Å². The second-order valence-electron chi connectivity index (χ2n) is 11.2. The number of nitrogens with zero attached hydrogens (tertiary/aromatic N) is 5. The second-order valence-corrected chi connectivity index (χ2v) is 11.6. The van der Waals surface area contributed by atoms with Crippen LogP contribution in [0, 0.1) is 12.8 Å². The van der Waals surface area contributed by atoms with Crippen molar-refractivity contribution in [3.05, 3.63) is 52.3 Å². The molecule has 0 atom stereocenters. The van der Waals surface area contributed by atoms with Crippen molar-refractivity contribution >= 4 is 41.6 Å². The number of amides is 1. The Hall–Kier alpha value is -2.81. The van der Waals surface area contributed by atoms with Crippen LogP contribution in [0.25, 0.3) is 11.4 Å². The van der Waals surface area contributed by atoms with Crippen LogP contribution < -0.4 is 10.1 Å². The van der Waals surface area contributed by atoms with Crippen molar-refractivity contribution in [2.45, 2.75) is 58.5 Å². The van der Waals surface area contributed by atoms with E-state index in [-0.39, 0.29) is 18.3 Å². The Kier molecular flexibility index (Phi) is 8.59. The molecular weight excluding hydrogens is 547 g/mol. The number of benzene rings is 1. The summed E-state index contributed by atoms with van der Waals surface area (Å²) >= 11 is 6.44. The minimum Gasteiger partial charge on any atom is -0.495 e. The average Bonchev–Trinajstić information content (AvgIpc) is 3.26. The highest BCUT2D eigenvalue weighted by Gasteiger charge is 2.29. The quantitative estimate of drug-likeness (QED) is 0.398. The Morgan fingerprint density at radius 1 is 1.07 bits per heavy atom. The van der Waals surface area contributed by atoms with E-state index in [4.69, 9.17) is 21.3 Å². The first-order chi connectivity index (χ1) is 18.9. The first kappa shape index (κ1) is 28.7. The number of hydrogen-bond acceptors (Lipinski definition) is 6. The Balaban J connectivity index is 0.00000323. The number of hydrogen-bond donors (Lipinski definition) is 1. The molecule has 5 heterocycles. The van der Waals surface area contributed by atoms with E-state index in [0.29, 0.717) is 29.0 Å².